The molecule has 1 aliphatic heterocycles. The summed E-state index contributed by atoms with van der Waals surface area (Å²) in [5.74, 6) is 1.22. The van der Waals surface area contributed by atoms with Crippen molar-refractivity contribution in [2.45, 2.75) is 31.5 Å². The molecule has 25 heavy (non-hydrogen) atoms. The average Bonchev–Trinajstić information content (AvgIpc) is 3.13. The molecule has 0 aliphatic carbocycles. The molecule has 2 heterocycles. The van der Waals surface area contributed by atoms with E-state index in [1.54, 1.807) is 6.08 Å². The molecule has 1 saturated heterocycles. The average molecular weight is 356 g/mol. The summed E-state index contributed by atoms with van der Waals surface area (Å²) in [6.07, 6.45) is 2.46. The second kappa shape index (κ2) is 7.65. The zero-order valence-corrected chi connectivity index (χ0v) is 15.0. The third-order valence-electron chi connectivity index (χ3n) is 4.01. The molecule has 1 aromatic heterocycles. The van der Waals surface area contributed by atoms with Gasteiger partial charge in [0, 0.05) is 37.2 Å². The minimum atomic E-state index is -0.0846. The number of imide groups is 1. The number of allylic oxidation sites excluding steroid dienone is 1. The minimum Gasteiger partial charge on any atom is -0.298 e. The molecule has 2 aromatic rings. The van der Waals surface area contributed by atoms with Crippen molar-refractivity contribution in [3.05, 3.63) is 42.5 Å². The van der Waals surface area contributed by atoms with Crippen LogP contribution in [0, 0.1) is 6.92 Å². The van der Waals surface area contributed by atoms with Crippen LogP contribution in [0.2, 0.25) is 0 Å². The van der Waals surface area contributed by atoms with Crippen molar-refractivity contribution in [1.29, 1.82) is 0 Å². The molecule has 1 fully saturated rings. The SMILES string of the molecule is C=CCn1c(SCCN2C(=O)CCC2=O)nnc1-c1cccc(C)c1. The molecule has 0 N–H and O–H groups in total. The number of nitrogens with zero attached hydrogens (tertiary/aromatic N) is 4. The second-order valence-corrected chi connectivity index (χ2v) is 6.92. The van der Waals surface area contributed by atoms with Crippen LogP contribution >= 0.6 is 11.8 Å². The van der Waals surface area contributed by atoms with Crippen LogP contribution in [0.5, 0.6) is 0 Å². The quantitative estimate of drug-likeness (QED) is 0.433. The lowest BCUT2D eigenvalue weighted by Crippen LogP contribution is -2.31. The number of likely N-dealkylation sites (tertiary alicyclic amines) is 1. The first-order chi connectivity index (χ1) is 12.1. The van der Waals surface area contributed by atoms with Gasteiger partial charge in [0.15, 0.2) is 11.0 Å². The Bertz CT molecular complexity index is 799. The molecule has 1 aromatic carbocycles. The molecule has 6 nitrogen and oxygen atoms in total. The fraction of sp³-hybridized carbons (Fsp3) is 0.333. The Morgan fingerprint density at radius 3 is 2.68 bits per heavy atom. The van der Waals surface area contributed by atoms with E-state index in [-0.39, 0.29) is 11.8 Å². The van der Waals surface area contributed by atoms with Crippen LogP contribution in [0.3, 0.4) is 0 Å². The van der Waals surface area contributed by atoms with Crippen LogP contribution in [0.15, 0.2) is 42.1 Å². The Labute approximate surface area is 150 Å². The molecule has 0 atom stereocenters. The van der Waals surface area contributed by atoms with Crippen molar-refractivity contribution < 1.29 is 9.59 Å². The summed E-state index contributed by atoms with van der Waals surface area (Å²) >= 11 is 1.49. The Morgan fingerprint density at radius 2 is 2.00 bits per heavy atom. The van der Waals surface area contributed by atoms with Crippen molar-refractivity contribution in [1.82, 2.24) is 19.7 Å². The van der Waals surface area contributed by atoms with E-state index >= 15 is 0 Å². The molecule has 0 radical (unpaired) electrons. The standard InChI is InChI=1S/C18H20N4O2S/c1-3-9-22-17(14-6-4-5-13(2)12-14)19-20-18(22)25-11-10-21-15(23)7-8-16(21)24/h3-6,12H,1,7-11H2,2H3. The third kappa shape index (κ3) is 3.82. The normalized spacial score (nSPS) is 14.4. The Hall–Kier alpha value is -2.41. The van der Waals surface area contributed by atoms with Gasteiger partial charge in [-0.15, -0.1) is 16.8 Å². The zero-order valence-electron chi connectivity index (χ0n) is 14.1. The largest absolute Gasteiger partial charge is 0.298 e. The third-order valence-corrected chi connectivity index (χ3v) is 4.95. The van der Waals surface area contributed by atoms with Gasteiger partial charge in [-0.05, 0) is 13.0 Å². The van der Waals surface area contributed by atoms with Gasteiger partial charge in [-0.2, -0.15) is 0 Å². The highest BCUT2D eigenvalue weighted by atomic mass is 32.2. The maximum Gasteiger partial charge on any atom is 0.229 e. The molecule has 0 saturated carbocycles. The highest BCUT2D eigenvalue weighted by molar-refractivity contribution is 7.99. The van der Waals surface area contributed by atoms with E-state index in [4.69, 9.17) is 0 Å². The van der Waals surface area contributed by atoms with Crippen LogP contribution in [0.4, 0.5) is 0 Å². The summed E-state index contributed by atoms with van der Waals surface area (Å²) in [6.45, 7) is 6.85. The highest BCUT2D eigenvalue weighted by Crippen LogP contribution is 2.25. The summed E-state index contributed by atoms with van der Waals surface area (Å²) in [7, 11) is 0. The summed E-state index contributed by atoms with van der Waals surface area (Å²) in [4.78, 5) is 24.7. The first kappa shape index (κ1) is 17.4. The van der Waals surface area contributed by atoms with Crippen LogP contribution < -0.4 is 0 Å². The molecule has 0 spiro atoms. The fourth-order valence-electron chi connectivity index (χ4n) is 2.79. The number of thioether (sulfide) groups is 1. The van der Waals surface area contributed by atoms with E-state index in [2.05, 4.69) is 22.8 Å². The first-order valence-electron chi connectivity index (χ1n) is 8.17. The number of hydrogen-bond acceptors (Lipinski definition) is 5. The lowest BCUT2D eigenvalue weighted by Gasteiger charge is -2.13. The number of aryl methyl sites for hydroxylation is 1. The first-order valence-corrected chi connectivity index (χ1v) is 9.16. The summed E-state index contributed by atoms with van der Waals surface area (Å²) in [6, 6.07) is 8.11. The number of carbonyl (C=O) groups excluding carboxylic acids is 2. The summed E-state index contributed by atoms with van der Waals surface area (Å²) in [5.41, 5.74) is 2.16. The van der Waals surface area contributed by atoms with Crippen molar-refractivity contribution in [3.8, 4) is 11.4 Å². The minimum absolute atomic E-state index is 0.0846. The summed E-state index contributed by atoms with van der Waals surface area (Å²) in [5, 5.41) is 9.37. The molecule has 1 aliphatic rings. The van der Waals surface area contributed by atoms with Gasteiger partial charge in [-0.25, -0.2) is 0 Å². The molecular weight excluding hydrogens is 336 g/mol. The predicted octanol–water partition coefficient (Wildman–Crippen LogP) is 2.68. The van der Waals surface area contributed by atoms with E-state index in [1.165, 1.54) is 16.7 Å². The Morgan fingerprint density at radius 1 is 1.24 bits per heavy atom. The monoisotopic (exact) mass is 356 g/mol. The van der Waals surface area contributed by atoms with E-state index in [0.29, 0.717) is 31.7 Å². The van der Waals surface area contributed by atoms with Gasteiger partial charge in [0.25, 0.3) is 0 Å². The van der Waals surface area contributed by atoms with Crippen molar-refractivity contribution in [2.75, 3.05) is 12.3 Å². The number of carbonyl (C=O) groups is 2. The van der Waals surface area contributed by atoms with Crippen LogP contribution in [-0.4, -0.2) is 43.8 Å². The second-order valence-electron chi connectivity index (χ2n) is 5.86. The number of benzene rings is 1. The molecule has 2 amide bonds. The van der Waals surface area contributed by atoms with Gasteiger partial charge in [0.1, 0.15) is 0 Å². The molecule has 3 rings (SSSR count). The molecule has 130 valence electrons. The molecular formula is C18H20N4O2S. The van der Waals surface area contributed by atoms with Gasteiger partial charge >= 0.3 is 0 Å². The maximum atomic E-state index is 11.7. The van der Waals surface area contributed by atoms with Gasteiger partial charge < -0.3 is 0 Å². The molecule has 7 heteroatoms. The van der Waals surface area contributed by atoms with E-state index in [9.17, 15) is 9.59 Å². The Kier molecular flexibility index (Phi) is 5.33. The van der Waals surface area contributed by atoms with Crippen molar-refractivity contribution in [3.63, 3.8) is 0 Å². The van der Waals surface area contributed by atoms with Crippen LogP contribution in [-0.2, 0) is 16.1 Å². The predicted molar refractivity (Wildman–Crippen MR) is 97.1 cm³/mol. The molecule has 0 unspecified atom stereocenters. The van der Waals surface area contributed by atoms with E-state index in [1.807, 2.05) is 29.7 Å². The van der Waals surface area contributed by atoms with Gasteiger partial charge in [-0.3, -0.25) is 19.1 Å². The van der Waals surface area contributed by atoms with Crippen molar-refractivity contribution >= 4 is 23.6 Å². The van der Waals surface area contributed by atoms with E-state index in [0.717, 1.165) is 22.1 Å². The maximum absolute atomic E-state index is 11.7. The van der Waals surface area contributed by atoms with Gasteiger partial charge in [0.05, 0.1) is 0 Å². The fourth-order valence-corrected chi connectivity index (χ4v) is 3.66. The number of aromatic nitrogens is 3. The van der Waals surface area contributed by atoms with E-state index < -0.39 is 0 Å². The number of amides is 2. The Balaban J connectivity index is 1.74. The lowest BCUT2D eigenvalue weighted by molar-refractivity contribution is -0.137. The molecule has 0 bridgehead atoms. The smallest absolute Gasteiger partial charge is 0.229 e. The van der Waals surface area contributed by atoms with Gasteiger partial charge in [-0.1, -0.05) is 41.6 Å². The summed E-state index contributed by atoms with van der Waals surface area (Å²) < 4.78 is 2.00. The number of hydrogen-bond donors (Lipinski definition) is 0. The van der Waals surface area contributed by atoms with Crippen LogP contribution in [0.25, 0.3) is 11.4 Å². The lowest BCUT2D eigenvalue weighted by atomic mass is 10.1. The topological polar surface area (TPSA) is 68.1 Å². The van der Waals surface area contributed by atoms with Crippen molar-refractivity contribution in [2.24, 2.45) is 0 Å². The van der Waals surface area contributed by atoms with Crippen LogP contribution in [0.1, 0.15) is 18.4 Å². The number of rotatable bonds is 7. The van der Waals surface area contributed by atoms with Gasteiger partial charge in [0.2, 0.25) is 11.8 Å². The highest BCUT2D eigenvalue weighted by Gasteiger charge is 2.28. The zero-order chi connectivity index (χ0) is 17.8.